The van der Waals surface area contributed by atoms with Gasteiger partial charge in [0.15, 0.2) is 0 Å². The van der Waals surface area contributed by atoms with Gasteiger partial charge in [0, 0.05) is 11.9 Å². The Morgan fingerprint density at radius 2 is 2.21 bits per heavy atom. The average molecular weight is 242 g/mol. The molecule has 0 bridgehead atoms. The molecule has 6 heteroatoms. The molecule has 78 valence electrons. The molecule has 0 aliphatic heterocycles. The molecule has 0 atom stereocenters. The first-order valence-electron chi connectivity index (χ1n) is 3.67. The molecule has 1 aromatic rings. The van der Waals surface area contributed by atoms with E-state index in [1.165, 1.54) is 13.2 Å². The van der Waals surface area contributed by atoms with Crippen molar-refractivity contribution in [3.05, 3.63) is 22.3 Å². The van der Waals surface area contributed by atoms with Crippen molar-refractivity contribution in [1.82, 2.24) is 4.98 Å². The second-order valence-electron chi connectivity index (χ2n) is 2.46. The summed E-state index contributed by atoms with van der Waals surface area (Å²) in [7, 11) is 1.37. The van der Waals surface area contributed by atoms with Gasteiger partial charge in [0.25, 0.3) is 6.43 Å². The van der Waals surface area contributed by atoms with Crippen molar-refractivity contribution in [1.29, 1.82) is 0 Å². The molecule has 14 heavy (non-hydrogen) atoms. The minimum Gasteiger partial charge on any atom is -0.481 e. The summed E-state index contributed by atoms with van der Waals surface area (Å²) in [4.78, 5) is 3.63. The molecule has 1 aromatic heterocycles. The monoisotopic (exact) mass is 241 g/mol. The van der Waals surface area contributed by atoms with Gasteiger partial charge >= 0.3 is 0 Å². The fourth-order valence-electron chi connectivity index (χ4n) is 0.994. The van der Waals surface area contributed by atoms with E-state index in [9.17, 15) is 8.78 Å². The van der Waals surface area contributed by atoms with Crippen LogP contribution in [0.5, 0.6) is 5.88 Å². The first-order valence-corrected chi connectivity index (χ1v) is 4.58. The number of rotatable bonds is 3. The van der Waals surface area contributed by atoms with E-state index in [4.69, 9.17) is 27.9 Å². The standard InChI is InChI=1S/C8H7Cl2F2NO/c1-14-5-2-4(3-9)6(8(11)12)7(10)13-5/h2,8H,3H2,1H3. The maximum absolute atomic E-state index is 12.5. The van der Waals surface area contributed by atoms with Crippen LogP contribution in [0.1, 0.15) is 17.6 Å². The zero-order chi connectivity index (χ0) is 10.7. The third-order valence-corrected chi connectivity index (χ3v) is 2.22. The topological polar surface area (TPSA) is 22.1 Å². The fraction of sp³-hybridized carbons (Fsp3) is 0.375. The second kappa shape index (κ2) is 4.75. The Kier molecular flexibility index (Phi) is 3.89. The average Bonchev–Trinajstić information content (AvgIpc) is 2.15. The number of pyridine rings is 1. The van der Waals surface area contributed by atoms with E-state index in [0.717, 1.165) is 0 Å². The van der Waals surface area contributed by atoms with Gasteiger partial charge < -0.3 is 4.74 Å². The molecule has 0 amide bonds. The molecular weight excluding hydrogens is 235 g/mol. The van der Waals surface area contributed by atoms with Crippen molar-refractivity contribution < 1.29 is 13.5 Å². The van der Waals surface area contributed by atoms with Crippen LogP contribution in [-0.4, -0.2) is 12.1 Å². The van der Waals surface area contributed by atoms with Crippen LogP contribution in [0.2, 0.25) is 5.15 Å². The first kappa shape index (κ1) is 11.5. The lowest BCUT2D eigenvalue weighted by molar-refractivity contribution is 0.150. The highest BCUT2D eigenvalue weighted by molar-refractivity contribution is 6.30. The Morgan fingerprint density at radius 1 is 1.57 bits per heavy atom. The lowest BCUT2D eigenvalue weighted by Gasteiger charge is -2.09. The van der Waals surface area contributed by atoms with Gasteiger partial charge in [0.1, 0.15) is 5.15 Å². The highest BCUT2D eigenvalue weighted by Gasteiger charge is 2.19. The van der Waals surface area contributed by atoms with Gasteiger partial charge in [0.2, 0.25) is 5.88 Å². The van der Waals surface area contributed by atoms with E-state index >= 15 is 0 Å². The third-order valence-electron chi connectivity index (χ3n) is 1.65. The van der Waals surface area contributed by atoms with E-state index in [0.29, 0.717) is 0 Å². The number of nitrogens with zero attached hydrogens (tertiary/aromatic N) is 1. The Hall–Kier alpha value is -0.610. The van der Waals surface area contributed by atoms with Gasteiger partial charge in [0.05, 0.1) is 12.7 Å². The van der Waals surface area contributed by atoms with Gasteiger partial charge in [-0.2, -0.15) is 0 Å². The molecule has 0 radical (unpaired) electrons. The van der Waals surface area contributed by atoms with Crippen LogP contribution in [0.15, 0.2) is 6.07 Å². The summed E-state index contributed by atoms with van der Waals surface area (Å²) in [5.41, 5.74) is -0.0963. The van der Waals surface area contributed by atoms with Gasteiger partial charge in [-0.05, 0) is 5.56 Å². The molecule has 0 unspecified atom stereocenters. The molecule has 0 fully saturated rings. The number of ether oxygens (including phenoxy) is 1. The van der Waals surface area contributed by atoms with Crippen LogP contribution < -0.4 is 4.74 Å². The summed E-state index contributed by atoms with van der Waals surface area (Å²) < 4.78 is 29.7. The molecule has 0 aromatic carbocycles. The van der Waals surface area contributed by atoms with E-state index < -0.39 is 6.43 Å². The van der Waals surface area contributed by atoms with Crippen LogP contribution >= 0.6 is 23.2 Å². The van der Waals surface area contributed by atoms with Crippen LogP contribution in [-0.2, 0) is 5.88 Å². The zero-order valence-electron chi connectivity index (χ0n) is 7.23. The molecule has 0 N–H and O–H groups in total. The van der Waals surface area contributed by atoms with Gasteiger partial charge in [-0.25, -0.2) is 13.8 Å². The van der Waals surface area contributed by atoms with Crippen LogP contribution in [0, 0.1) is 0 Å². The largest absolute Gasteiger partial charge is 0.481 e. The summed E-state index contributed by atoms with van der Waals surface area (Å²) in [6, 6.07) is 1.35. The molecule has 0 spiro atoms. The maximum Gasteiger partial charge on any atom is 0.267 e. The van der Waals surface area contributed by atoms with Crippen molar-refractivity contribution >= 4 is 23.2 Å². The quantitative estimate of drug-likeness (QED) is 0.598. The SMILES string of the molecule is COc1cc(CCl)c(C(F)F)c(Cl)n1. The number of hydrogen-bond donors (Lipinski definition) is 0. The predicted molar refractivity (Wildman–Crippen MR) is 50.3 cm³/mol. The zero-order valence-corrected chi connectivity index (χ0v) is 8.74. The summed E-state index contributed by atoms with van der Waals surface area (Å²) in [6.45, 7) is 0. The summed E-state index contributed by atoms with van der Waals surface area (Å²) in [5, 5.41) is -0.269. The highest BCUT2D eigenvalue weighted by atomic mass is 35.5. The highest BCUT2D eigenvalue weighted by Crippen LogP contribution is 2.32. The number of alkyl halides is 3. The lowest BCUT2D eigenvalue weighted by atomic mass is 10.1. The number of halogens is 4. The van der Waals surface area contributed by atoms with E-state index in [2.05, 4.69) is 4.98 Å². The maximum atomic E-state index is 12.5. The van der Waals surface area contributed by atoms with Crippen molar-refractivity contribution in [3.63, 3.8) is 0 Å². The smallest absolute Gasteiger partial charge is 0.267 e. The van der Waals surface area contributed by atoms with E-state index in [-0.39, 0.29) is 28.0 Å². The second-order valence-corrected chi connectivity index (χ2v) is 3.09. The first-order chi connectivity index (χ1) is 6.60. The molecule has 0 aliphatic rings. The Bertz CT molecular complexity index is 333. The minimum absolute atomic E-state index is 0.0573. The molecule has 1 heterocycles. The van der Waals surface area contributed by atoms with Crippen LogP contribution in [0.4, 0.5) is 8.78 Å². The fourth-order valence-corrected chi connectivity index (χ4v) is 1.50. The number of aromatic nitrogens is 1. The molecule has 0 saturated heterocycles. The lowest BCUT2D eigenvalue weighted by Crippen LogP contribution is -1.98. The Balaban J connectivity index is 3.27. The summed E-state index contributed by atoms with van der Waals surface area (Å²) >= 11 is 11.1. The molecule has 0 aliphatic carbocycles. The third kappa shape index (κ3) is 2.25. The Labute approximate surface area is 89.8 Å². The van der Waals surface area contributed by atoms with Crippen molar-refractivity contribution in [3.8, 4) is 5.88 Å². The molecule has 1 rings (SSSR count). The Morgan fingerprint density at radius 3 is 2.64 bits per heavy atom. The van der Waals surface area contributed by atoms with Crippen molar-refractivity contribution in [2.75, 3.05) is 7.11 Å². The van der Waals surface area contributed by atoms with Crippen molar-refractivity contribution in [2.45, 2.75) is 12.3 Å². The predicted octanol–water partition coefficient (Wildman–Crippen LogP) is 3.42. The van der Waals surface area contributed by atoms with Gasteiger partial charge in [-0.3, -0.25) is 0 Å². The molecule has 2 nitrogen and oxygen atoms in total. The van der Waals surface area contributed by atoms with Crippen molar-refractivity contribution in [2.24, 2.45) is 0 Å². The van der Waals surface area contributed by atoms with E-state index in [1.807, 2.05) is 0 Å². The summed E-state index contributed by atoms with van der Waals surface area (Å²) in [6.07, 6.45) is -2.69. The van der Waals surface area contributed by atoms with Crippen LogP contribution in [0.3, 0.4) is 0 Å². The van der Waals surface area contributed by atoms with E-state index in [1.54, 1.807) is 0 Å². The molecule has 0 saturated carbocycles. The van der Waals surface area contributed by atoms with Gasteiger partial charge in [-0.15, -0.1) is 11.6 Å². The van der Waals surface area contributed by atoms with Gasteiger partial charge in [-0.1, -0.05) is 11.6 Å². The van der Waals surface area contributed by atoms with Crippen LogP contribution in [0.25, 0.3) is 0 Å². The number of hydrogen-bond acceptors (Lipinski definition) is 2. The number of methoxy groups -OCH3 is 1. The molecular formula is C8H7Cl2F2NO. The minimum atomic E-state index is -2.69. The normalized spacial score (nSPS) is 10.7. The summed E-state index contributed by atoms with van der Waals surface area (Å²) in [5.74, 6) is 0.119.